The monoisotopic (exact) mass is 229 g/mol. The van der Waals surface area contributed by atoms with Crippen molar-refractivity contribution in [2.75, 3.05) is 0 Å². The Morgan fingerprint density at radius 3 is 2.31 bits per heavy atom. The fourth-order valence-corrected chi connectivity index (χ4v) is 2.19. The minimum atomic E-state index is 0.425. The Hall–Kier alpha value is -0.570. The van der Waals surface area contributed by atoms with Crippen LogP contribution in [0.4, 0.5) is 0 Å². The summed E-state index contributed by atoms with van der Waals surface area (Å²) in [5.74, 6) is 0. The van der Waals surface area contributed by atoms with E-state index in [9.17, 15) is 0 Å². The van der Waals surface area contributed by atoms with Crippen LogP contribution in [0.2, 0.25) is 10.3 Å². The summed E-state index contributed by atoms with van der Waals surface area (Å²) in [6.45, 7) is 0. The van der Waals surface area contributed by atoms with Crippen LogP contribution in [-0.4, -0.2) is 4.98 Å². The van der Waals surface area contributed by atoms with Crippen molar-refractivity contribution in [3.05, 3.63) is 39.3 Å². The molecule has 1 nitrogen and oxygen atoms in total. The van der Waals surface area contributed by atoms with Gasteiger partial charge in [-0.3, -0.25) is 0 Å². The summed E-state index contributed by atoms with van der Waals surface area (Å²) >= 11 is 13.2. The Kier molecular flexibility index (Phi) is 2.54. The third kappa shape index (κ3) is 2.02. The quantitative estimate of drug-likeness (QED) is 0.671. The van der Waals surface area contributed by atoms with Gasteiger partial charge in [-0.05, 0) is 40.1 Å². The SMILES string of the molecule is Clc1cc(-c2ccsc2)cc(Cl)n1. The van der Waals surface area contributed by atoms with Crippen molar-refractivity contribution < 1.29 is 0 Å². The topological polar surface area (TPSA) is 12.9 Å². The van der Waals surface area contributed by atoms with Crippen LogP contribution in [0.5, 0.6) is 0 Å². The number of hydrogen-bond acceptors (Lipinski definition) is 2. The Balaban J connectivity index is 2.53. The third-order valence-corrected chi connectivity index (χ3v) is 2.69. The number of halogens is 2. The molecule has 0 fully saturated rings. The van der Waals surface area contributed by atoms with Crippen LogP contribution in [0.1, 0.15) is 0 Å². The van der Waals surface area contributed by atoms with Crippen molar-refractivity contribution in [1.29, 1.82) is 0 Å². The number of aromatic nitrogens is 1. The maximum absolute atomic E-state index is 5.77. The lowest BCUT2D eigenvalue weighted by Crippen LogP contribution is -1.79. The summed E-state index contributed by atoms with van der Waals surface area (Å²) in [6, 6.07) is 5.62. The molecule has 4 heteroatoms. The summed E-state index contributed by atoms with van der Waals surface area (Å²) in [5, 5.41) is 4.90. The maximum atomic E-state index is 5.77. The lowest BCUT2D eigenvalue weighted by atomic mass is 10.1. The summed E-state index contributed by atoms with van der Waals surface area (Å²) in [6.07, 6.45) is 0. The lowest BCUT2D eigenvalue weighted by molar-refractivity contribution is 1.33. The molecule has 2 aromatic heterocycles. The Bertz CT molecular complexity index is 391. The van der Waals surface area contributed by atoms with E-state index in [1.165, 1.54) is 0 Å². The van der Waals surface area contributed by atoms with Gasteiger partial charge in [0.1, 0.15) is 10.3 Å². The molecule has 0 aliphatic carbocycles. The highest BCUT2D eigenvalue weighted by atomic mass is 35.5. The van der Waals surface area contributed by atoms with Gasteiger partial charge >= 0.3 is 0 Å². The normalized spacial score (nSPS) is 10.3. The molecule has 0 aliphatic rings. The van der Waals surface area contributed by atoms with Gasteiger partial charge in [-0.25, -0.2) is 4.98 Å². The van der Waals surface area contributed by atoms with Crippen molar-refractivity contribution in [2.24, 2.45) is 0 Å². The highest BCUT2D eigenvalue weighted by molar-refractivity contribution is 7.08. The smallest absolute Gasteiger partial charge is 0.131 e. The molecule has 0 atom stereocenters. The fraction of sp³-hybridized carbons (Fsp3) is 0. The average molecular weight is 230 g/mol. The van der Waals surface area contributed by atoms with Crippen LogP contribution in [0.15, 0.2) is 29.0 Å². The van der Waals surface area contributed by atoms with Crippen molar-refractivity contribution in [1.82, 2.24) is 4.98 Å². The predicted octanol–water partition coefficient (Wildman–Crippen LogP) is 4.12. The van der Waals surface area contributed by atoms with Crippen LogP contribution in [-0.2, 0) is 0 Å². The molecule has 0 bridgehead atoms. The van der Waals surface area contributed by atoms with Crippen LogP contribution < -0.4 is 0 Å². The van der Waals surface area contributed by atoms with E-state index in [0.717, 1.165) is 11.1 Å². The van der Waals surface area contributed by atoms with Crippen LogP contribution in [0.3, 0.4) is 0 Å². The summed E-state index contributed by atoms with van der Waals surface area (Å²) in [7, 11) is 0. The standard InChI is InChI=1S/C9H5Cl2NS/c10-8-3-7(4-9(11)12-8)6-1-2-13-5-6/h1-5H. The van der Waals surface area contributed by atoms with Gasteiger partial charge in [0.05, 0.1) is 0 Å². The highest BCUT2D eigenvalue weighted by Crippen LogP contribution is 2.26. The van der Waals surface area contributed by atoms with Crippen LogP contribution >= 0.6 is 34.5 Å². The molecule has 0 radical (unpaired) electrons. The van der Waals surface area contributed by atoms with E-state index in [0.29, 0.717) is 10.3 Å². The first-order valence-electron chi connectivity index (χ1n) is 3.61. The Morgan fingerprint density at radius 2 is 1.77 bits per heavy atom. The second-order valence-electron chi connectivity index (χ2n) is 2.51. The zero-order chi connectivity index (χ0) is 9.26. The lowest BCUT2D eigenvalue weighted by Gasteiger charge is -1.98. The summed E-state index contributed by atoms with van der Waals surface area (Å²) in [4.78, 5) is 3.88. The van der Waals surface area contributed by atoms with Gasteiger partial charge in [-0.1, -0.05) is 23.2 Å². The van der Waals surface area contributed by atoms with Gasteiger partial charge in [0, 0.05) is 0 Å². The van der Waals surface area contributed by atoms with Crippen LogP contribution in [0, 0.1) is 0 Å². The number of nitrogens with zero attached hydrogens (tertiary/aromatic N) is 1. The highest BCUT2D eigenvalue weighted by Gasteiger charge is 2.01. The van der Waals surface area contributed by atoms with Crippen molar-refractivity contribution in [3.8, 4) is 11.1 Å². The zero-order valence-electron chi connectivity index (χ0n) is 6.50. The average Bonchev–Trinajstić information content (AvgIpc) is 2.53. The van der Waals surface area contributed by atoms with E-state index in [1.54, 1.807) is 23.5 Å². The third-order valence-electron chi connectivity index (χ3n) is 1.62. The van der Waals surface area contributed by atoms with Crippen LogP contribution in [0.25, 0.3) is 11.1 Å². The second-order valence-corrected chi connectivity index (χ2v) is 4.07. The molecular formula is C9H5Cl2NS. The molecule has 2 rings (SSSR count). The molecule has 0 unspecified atom stereocenters. The zero-order valence-corrected chi connectivity index (χ0v) is 8.83. The summed E-state index contributed by atoms with van der Waals surface area (Å²) in [5.41, 5.74) is 2.13. The van der Waals surface area contributed by atoms with Gasteiger partial charge in [0.2, 0.25) is 0 Å². The molecule has 2 aromatic rings. The molecule has 0 amide bonds. The molecule has 0 N–H and O–H groups in total. The summed E-state index contributed by atoms with van der Waals surface area (Å²) < 4.78 is 0. The van der Waals surface area contributed by atoms with E-state index in [-0.39, 0.29) is 0 Å². The number of hydrogen-bond donors (Lipinski definition) is 0. The minimum Gasteiger partial charge on any atom is -0.224 e. The van der Waals surface area contributed by atoms with E-state index in [4.69, 9.17) is 23.2 Å². The first kappa shape index (κ1) is 9.00. The van der Waals surface area contributed by atoms with E-state index >= 15 is 0 Å². The van der Waals surface area contributed by atoms with E-state index in [1.807, 2.05) is 16.8 Å². The molecular weight excluding hydrogens is 225 g/mol. The molecule has 0 saturated heterocycles. The molecule has 0 aliphatic heterocycles. The van der Waals surface area contributed by atoms with Gasteiger partial charge in [-0.2, -0.15) is 11.3 Å². The number of pyridine rings is 1. The van der Waals surface area contributed by atoms with Crippen molar-refractivity contribution in [2.45, 2.75) is 0 Å². The molecule has 0 aromatic carbocycles. The Labute approximate surface area is 90.0 Å². The van der Waals surface area contributed by atoms with Gasteiger partial charge in [-0.15, -0.1) is 0 Å². The second kappa shape index (κ2) is 3.66. The molecule has 13 heavy (non-hydrogen) atoms. The first-order valence-corrected chi connectivity index (χ1v) is 5.31. The number of rotatable bonds is 1. The predicted molar refractivity (Wildman–Crippen MR) is 57.6 cm³/mol. The van der Waals surface area contributed by atoms with E-state index in [2.05, 4.69) is 4.98 Å². The molecule has 0 saturated carbocycles. The van der Waals surface area contributed by atoms with Crippen molar-refractivity contribution in [3.63, 3.8) is 0 Å². The van der Waals surface area contributed by atoms with E-state index < -0.39 is 0 Å². The molecule has 0 spiro atoms. The van der Waals surface area contributed by atoms with Gasteiger partial charge in [0.25, 0.3) is 0 Å². The number of thiophene rings is 1. The molecule has 66 valence electrons. The fourth-order valence-electron chi connectivity index (χ4n) is 1.06. The van der Waals surface area contributed by atoms with Crippen molar-refractivity contribution >= 4 is 34.5 Å². The maximum Gasteiger partial charge on any atom is 0.131 e. The van der Waals surface area contributed by atoms with Gasteiger partial charge < -0.3 is 0 Å². The largest absolute Gasteiger partial charge is 0.224 e. The Morgan fingerprint density at radius 1 is 1.08 bits per heavy atom. The minimum absolute atomic E-state index is 0.425. The first-order chi connectivity index (χ1) is 6.25. The van der Waals surface area contributed by atoms with Gasteiger partial charge in [0.15, 0.2) is 0 Å². The molecule has 2 heterocycles.